The molecule has 4 rings (SSSR count). The monoisotopic (exact) mass is 642 g/mol. The van der Waals surface area contributed by atoms with E-state index in [1.165, 1.54) is 88.2 Å². The predicted octanol–water partition coefficient (Wildman–Crippen LogP) is 11.0. The molecule has 3 nitrogen and oxygen atoms in total. The Hall–Kier alpha value is -1.71. The molecule has 0 heterocycles. The predicted molar refractivity (Wildman–Crippen MR) is 186 cm³/mol. The van der Waals surface area contributed by atoms with Gasteiger partial charge in [0, 0.05) is 23.6 Å². The van der Waals surface area contributed by atoms with Crippen molar-refractivity contribution in [2.24, 2.45) is 23.7 Å². The number of unbranched alkanes of at least 4 members (excludes halogenated alkanes) is 2. The zero-order chi connectivity index (χ0) is 31.1. The molecule has 2 atom stereocenters. The Bertz CT molecular complexity index is 984. The molecule has 0 aromatic heterocycles. The molecule has 2 aromatic carbocycles. The van der Waals surface area contributed by atoms with Gasteiger partial charge in [0.1, 0.15) is 17.3 Å². The second-order valence-corrected chi connectivity index (χ2v) is 14.8. The molecule has 2 aliphatic rings. The van der Waals surface area contributed by atoms with Crippen LogP contribution in [0.3, 0.4) is 0 Å². The molecule has 0 saturated heterocycles. The van der Waals surface area contributed by atoms with Gasteiger partial charge < -0.3 is 9.47 Å². The fourth-order valence-corrected chi connectivity index (χ4v) is 8.48. The molecular weight excluding hydrogens is 587 g/mol. The second kappa shape index (κ2) is 19.1. The number of ketones is 1. The molecule has 0 bridgehead atoms. The lowest BCUT2D eigenvalue weighted by molar-refractivity contribution is -0.119. The summed E-state index contributed by atoms with van der Waals surface area (Å²) >= 11 is 13.7. The first-order valence-electron chi connectivity index (χ1n) is 17.5. The lowest BCUT2D eigenvalue weighted by atomic mass is 9.77. The van der Waals surface area contributed by atoms with Crippen molar-refractivity contribution < 1.29 is 14.3 Å². The molecule has 44 heavy (non-hydrogen) atoms. The Morgan fingerprint density at radius 2 is 0.977 bits per heavy atom. The van der Waals surface area contributed by atoms with Crippen molar-refractivity contribution in [3.8, 4) is 11.5 Å². The van der Waals surface area contributed by atoms with Gasteiger partial charge in [0.25, 0.3) is 0 Å². The van der Waals surface area contributed by atoms with Crippen molar-refractivity contribution in [1.82, 2.24) is 0 Å². The average molecular weight is 644 g/mol. The second-order valence-electron chi connectivity index (χ2n) is 13.7. The van der Waals surface area contributed by atoms with Crippen molar-refractivity contribution in [2.45, 2.75) is 126 Å². The van der Waals surface area contributed by atoms with Crippen LogP contribution in [0.5, 0.6) is 11.5 Å². The first-order valence-corrected chi connectivity index (χ1v) is 18.4. The molecule has 2 aromatic rings. The molecule has 0 spiro atoms. The SMILES string of the molecule is COc1ccc(CC(Cl)C2CCC(CCCCC(=O)CCCCC3CCC(C(Cl)Cc4ccc(OC)cc4)CC3)CC2)cc1. The van der Waals surface area contributed by atoms with E-state index in [1.54, 1.807) is 14.2 Å². The maximum Gasteiger partial charge on any atom is 0.132 e. The summed E-state index contributed by atoms with van der Waals surface area (Å²) in [5, 5.41) is 0.427. The standard InChI is InChI=1S/C39H56Cl2O3/c1-43-36-23-15-31(16-24-36)27-38(40)33-19-11-29(12-20-33)7-3-5-9-35(42)10-6-4-8-30-13-21-34(22-14-30)39(41)28-32-17-25-37(44-2)26-18-32/h15-18,23-26,29-30,33-34,38-39H,3-14,19-22,27-28H2,1-2H3. The molecule has 0 N–H and O–H groups in total. The van der Waals surface area contributed by atoms with Crippen molar-refractivity contribution in [2.75, 3.05) is 14.2 Å². The van der Waals surface area contributed by atoms with E-state index in [9.17, 15) is 4.79 Å². The van der Waals surface area contributed by atoms with Crippen LogP contribution < -0.4 is 9.47 Å². The molecule has 2 saturated carbocycles. The van der Waals surface area contributed by atoms with Crippen LogP contribution in [-0.4, -0.2) is 30.8 Å². The summed E-state index contributed by atoms with van der Waals surface area (Å²) in [6.45, 7) is 0. The van der Waals surface area contributed by atoms with E-state index < -0.39 is 0 Å². The zero-order valence-corrected chi connectivity index (χ0v) is 28.8. The van der Waals surface area contributed by atoms with Crippen LogP contribution in [0.15, 0.2) is 48.5 Å². The maximum atomic E-state index is 12.5. The van der Waals surface area contributed by atoms with Crippen LogP contribution in [-0.2, 0) is 17.6 Å². The van der Waals surface area contributed by atoms with E-state index in [0.29, 0.717) is 17.6 Å². The molecule has 2 fully saturated rings. The Labute approximate surface area is 277 Å². The number of ether oxygens (including phenoxy) is 2. The number of methoxy groups -OCH3 is 2. The molecule has 0 radical (unpaired) electrons. The molecule has 0 amide bonds. The quantitative estimate of drug-likeness (QED) is 0.120. The van der Waals surface area contributed by atoms with Gasteiger partial charge in [-0.2, -0.15) is 0 Å². The summed E-state index contributed by atoms with van der Waals surface area (Å²) in [6, 6.07) is 16.6. The van der Waals surface area contributed by atoms with Gasteiger partial charge >= 0.3 is 0 Å². The van der Waals surface area contributed by atoms with Gasteiger partial charge in [-0.3, -0.25) is 4.79 Å². The van der Waals surface area contributed by atoms with E-state index in [2.05, 4.69) is 24.3 Å². The summed E-state index contributed by atoms with van der Waals surface area (Å²) in [7, 11) is 3.40. The fourth-order valence-electron chi connectivity index (χ4n) is 7.62. The van der Waals surface area contributed by atoms with Gasteiger partial charge in [-0.05, 0) is 110 Å². The van der Waals surface area contributed by atoms with Crippen molar-refractivity contribution in [3.05, 3.63) is 59.7 Å². The van der Waals surface area contributed by atoms with E-state index >= 15 is 0 Å². The number of rotatable bonds is 18. The summed E-state index contributed by atoms with van der Waals surface area (Å²) in [6.07, 6.45) is 20.6. The van der Waals surface area contributed by atoms with Crippen molar-refractivity contribution >= 4 is 29.0 Å². The molecular formula is C39H56Cl2O3. The third kappa shape index (κ3) is 11.9. The van der Waals surface area contributed by atoms with Crippen LogP contribution in [0.1, 0.15) is 114 Å². The number of carbonyl (C=O) groups is 1. The number of alkyl halides is 2. The average Bonchev–Trinajstić information content (AvgIpc) is 3.06. The van der Waals surface area contributed by atoms with E-state index in [1.807, 2.05) is 24.3 Å². The van der Waals surface area contributed by atoms with Crippen LogP contribution in [0, 0.1) is 23.7 Å². The fraction of sp³-hybridized carbons (Fsp3) is 0.667. The van der Waals surface area contributed by atoms with Gasteiger partial charge in [0.2, 0.25) is 0 Å². The molecule has 0 aliphatic heterocycles. The first-order chi connectivity index (χ1) is 21.4. The summed E-state index contributed by atoms with van der Waals surface area (Å²) in [4.78, 5) is 12.5. The normalized spacial score (nSPS) is 23.5. The zero-order valence-electron chi connectivity index (χ0n) is 27.3. The third-order valence-corrected chi connectivity index (χ3v) is 11.6. The summed E-state index contributed by atoms with van der Waals surface area (Å²) in [5.41, 5.74) is 2.59. The Balaban J connectivity index is 0.980. The number of halogens is 2. The van der Waals surface area contributed by atoms with Gasteiger partial charge in [0.05, 0.1) is 14.2 Å². The van der Waals surface area contributed by atoms with E-state index in [4.69, 9.17) is 32.7 Å². The Morgan fingerprint density at radius 1 is 0.614 bits per heavy atom. The first kappa shape index (κ1) is 35.1. The minimum Gasteiger partial charge on any atom is -0.497 e. The lowest BCUT2D eigenvalue weighted by Crippen LogP contribution is -2.24. The Kier molecular flexibility index (Phi) is 15.2. The van der Waals surface area contributed by atoms with Gasteiger partial charge in [-0.1, -0.05) is 75.6 Å². The van der Waals surface area contributed by atoms with Crippen molar-refractivity contribution in [3.63, 3.8) is 0 Å². The summed E-state index contributed by atoms with van der Waals surface area (Å²) < 4.78 is 10.5. The number of hydrogen-bond donors (Lipinski definition) is 0. The molecule has 2 unspecified atom stereocenters. The Morgan fingerprint density at radius 3 is 1.32 bits per heavy atom. The minimum absolute atomic E-state index is 0.214. The highest BCUT2D eigenvalue weighted by atomic mass is 35.5. The lowest BCUT2D eigenvalue weighted by Gasteiger charge is -2.31. The minimum atomic E-state index is 0.214. The van der Waals surface area contributed by atoms with Gasteiger partial charge in [0.15, 0.2) is 0 Å². The van der Waals surface area contributed by atoms with Crippen LogP contribution in [0.25, 0.3) is 0 Å². The highest BCUT2D eigenvalue weighted by molar-refractivity contribution is 6.21. The molecule has 5 heteroatoms. The van der Waals surface area contributed by atoms with E-state index in [0.717, 1.165) is 61.9 Å². The van der Waals surface area contributed by atoms with Gasteiger partial charge in [-0.25, -0.2) is 0 Å². The highest BCUT2D eigenvalue weighted by Crippen LogP contribution is 2.38. The largest absolute Gasteiger partial charge is 0.497 e. The van der Waals surface area contributed by atoms with Crippen molar-refractivity contribution in [1.29, 1.82) is 0 Å². The van der Waals surface area contributed by atoms with Gasteiger partial charge in [-0.15, -0.1) is 23.2 Å². The smallest absolute Gasteiger partial charge is 0.132 e. The van der Waals surface area contributed by atoms with Crippen LogP contribution >= 0.6 is 23.2 Å². The summed E-state index contributed by atoms with van der Waals surface area (Å²) in [5.74, 6) is 5.15. The highest BCUT2D eigenvalue weighted by Gasteiger charge is 2.27. The molecule has 2 aliphatic carbocycles. The topological polar surface area (TPSA) is 35.5 Å². The van der Waals surface area contributed by atoms with Crippen LogP contribution in [0.2, 0.25) is 0 Å². The number of carbonyl (C=O) groups excluding carboxylic acids is 1. The maximum absolute atomic E-state index is 12.5. The number of Topliss-reactive ketones (excluding diaryl/α,β-unsaturated/α-hetero) is 1. The third-order valence-electron chi connectivity index (χ3n) is 10.6. The molecule has 244 valence electrons. The van der Waals surface area contributed by atoms with E-state index in [-0.39, 0.29) is 10.8 Å². The number of hydrogen-bond acceptors (Lipinski definition) is 3. The number of benzene rings is 2. The van der Waals surface area contributed by atoms with Crippen LogP contribution in [0.4, 0.5) is 0 Å².